The van der Waals surface area contributed by atoms with Gasteiger partial charge in [0.05, 0.1) is 0 Å². The zero-order chi connectivity index (χ0) is 12.0. The number of aromatic amines is 1. The van der Waals surface area contributed by atoms with Crippen LogP contribution in [-0.4, -0.2) is 38.5 Å². The first-order valence-corrected chi connectivity index (χ1v) is 7.76. The minimum absolute atomic E-state index is 0.0357. The Kier molecular flexibility index (Phi) is 4.85. The van der Waals surface area contributed by atoms with Crippen LogP contribution in [0.4, 0.5) is 0 Å². The number of rotatable bonds is 7. The van der Waals surface area contributed by atoms with Crippen molar-refractivity contribution in [2.75, 3.05) is 14.2 Å². The van der Waals surface area contributed by atoms with Gasteiger partial charge in [0.1, 0.15) is 0 Å². The normalized spacial score (nSPS) is 11.7. The zero-order valence-corrected chi connectivity index (χ0v) is 10.9. The van der Waals surface area contributed by atoms with Gasteiger partial charge in [-0.1, -0.05) is 0 Å². The number of H-pyrrole nitrogens is 1. The molecule has 0 fully saturated rings. The number of aromatic nitrogens is 2. The first kappa shape index (κ1) is 13.1. The van der Waals surface area contributed by atoms with Crippen LogP contribution in [0.1, 0.15) is 23.5 Å². The van der Waals surface area contributed by atoms with Gasteiger partial charge in [-0.2, -0.15) is 0 Å². The summed E-state index contributed by atoms with van der Waals surface area (Å²) < 4.78 is 10.7. The Morgan fingerprint density at radius 1 is 1.50 bits per heavy atom. The lowest BCUT2D eigenvalue weighted by atomic mass is 10.2. The smallest absolute Gasteiger partial charge is 0.334 e. The van der Waals surface area contributed by atoms with Crippen LogP contribution in [-0.2, 0) is 8.85 Å². The molecule has 0 bridgehead atoms. The molecule has 0 amide bonds. The largest absolute Gasteiger partial charge is 0.398 e. The molecule has 0 saturated carbocycles. The quantitative estimate of drug-likeness (QED) is 0.584. The summed E-state index contributed by atoms with van der Waals surface area (Å²) in [6.07, 6.45) is 4.47. The van der Waals surface area contributed by atoms with E-state index in [0.29, 0.717) is 12.2 Å². The van der Waals surface area contributed by atoms with Gasteiger partial charge in [-0.3, -0.25) is 4.79 Å². The molecule has 1 heterocycles. The third-order valence-corrected chi connectivity index (χ3v) is 5.65. The predicted molar refractivity (Wildman–Crippen MR) is 62.6 cm³/mol. The van der Waals surface area contributed by atoms with E-state index in [0.717, 1.165) is 12.5 Å². The molecular weight excluding hydrogens is 224 g/mol. The second kappa shape index (κ2) is 5.93. The summed E-state index contributed by atoms with van der Waals surface area (Å²) in [4.78, 5) is 18.3. The summed E-state index contributed by atoms with van der Waals surface area (Å²) in [6, 6.07) is 0.812. The number of ketones is 1. The lowest BCUT2D eigenvalue weighted by Gasteiger charge is -2.22. The van der Waals surface area contributed by atoms with Gasteiger partial charge in [0.25, 0.3) is 0 Å². The molecular formula is C10H18N2O3Si. The third kappa shape index (κ3) is 3.55. The summed E-state index contributed by atoms with van der Waals surface area (Å²) in [5, 5.41) is 0. The van der Waals surface area contributed by atoms with E-state index in [1.807, 2.05) is 6.55 Å². The van der Waals surface area contributed by atoms with Crippen LogP contribution in [0.3, 0.4) is 0 Å². The topological polar surface area (TPSA) is 64.2 Å². The van der Waals surface area contributed by atoms with Gasteiger partial charge in [-0.25, -0.2) is 4.98 Å². The van der Waals surface area contributed by atoms with Gasteiger partial charge < -0.3 is 13.8 Å². The van der Waals surface area contributed by atoms with Crippen LogP contribution in [0.2, 0.25) is 12.6 Å². The van der Waals surface area contributed by atoms with E-state index in [-0.39, 0.29) is 5.78 Å². The molecule has 0 unspecified atom stereocenters. The number of carbonyl (C=O) groups is 1. The van der Waals surface area contributed by atoms with Crippen molar-refractivity contribution >= 4 is 14.3 Å². The molecule has 1 N–H and O–H groups in total. The van der Waals surface area contributed by atoms with Crippen molar-refractivity contribution in [3.05, 3.63) is 18.2 Å². The third-order valence-electron chi connectivity index (χ3n) is 2.66. The number of imidazole rings is 1. The summed E-state index contributed by atoms with van der Waals surface area (Å²) in [6.45, 7) is 1.99. The highest BCUT2D eigenvalue weighted by Crippen LogP contribution is 2.15. The maximum absolute atomic E-state index is 11.6. The van der Waals surface area contributed by atoms with Crippen molar-refractivity contribution in [2.24, 2.45) is 0 Å². The van der Waals surface area contributed by atoms with Gasteiger partial charge in [-0.15, -0.1) is 0 Å². The number of carbonyl (C=O) groups excluding carboxylic acids is 1. The molecule has 0 aromatic carbocycles. The van der Waals surface area contributed by atoms with Crippen molar-refractivity contribution in [2.45, 2.75) is 25.4 Å². The van der Waals surface area contributed by atoms with Crippen molar-refractivity contribution in [1.82, 2.24) is 9.97 Å². The number of nitrogens with one attached hydrogen (secondary N) is 1. The van der Waals surface area contributed by atoms with Crippen LogP contribution in [0.15, 0.2) is 12.4 Å². The molecule has 6 heteroatoms. The van der Waals surface area contributed by atoms with Gasteiger partial charge in [0.15, 0.2) is 11.6 Å². The Morgan fingerprint density at radius 3 is 2.69 bits per heavy atom. The molecule has 0 aliphatic rings. The second-order valence-electron chi connectivity index (χ2n) is 3.76. The maximum Gasteiger partial charge on any atom is 0.334 e. The molecule has 0 saturated heterocycles. The molecule has 0 spiro atoms. The Hall–Kier alpha value is -0.983. The molecule has 5 nitrogen and oxygen atoms in total. The van der Waals surface area contributed by atoms with Crippen LogP contribution in [0.5, 0.6) is 0 Å². The lowest BCUT2D eigenvalue weighted by Crippen LogP contribution is -2.35. The van der Waals surface area contributed by atoms with Crippen LogP contribution >= 0.6 is 0 Å². The van der Waals surface area contributed by atoms with Crippen LogP contribution in [0, 0.1) is 0 Å². The molecule has 0 radical (unpaired) electrons. The van der Waals surface area contributed by atoms with Crippen LogP contribution in [0.25, 0.3) is 0 Å². The van der Waals surface area contributed by atoms with Crippen molar-refractivity contribution in [1.29, 1.82) is 0 Å². The molecule has 0 atom stereocenters. The minimum Gasteiger partial charge on any atom is -0.398 e. The van der Waals surface area contributed by atoms with E-state index < -0.39 is 8.56 Å². The van der Waals surface area contributed by atoms with Crippen molar-refractivity contribution < 1.29 is 13.6 Å². The predicted octanol–water partition coefficient (Wildman–Crippen LogP) is 1.74. The Balaban J connectivity index is 2.33. The summed E-state index contributed by atoms with van der Waals surface area (Å²) in [5.41, 5.74) is 0. The number of Topliss-reactive ketones (excluding diaryl/α,β-unsaturated/α-hetero) is 1. The molecule has 1 aromatic heterocycles. The van der Waals surface area contributed by atoms with Gasteiger partial charge >= 0.3 is 8.56 Å². The summed E-state index contributed by atoms with van der Waals surface area (Å²) >= 11 is 0. The molecule has 0 aliphatic carbocycles. The average molecular weight is 242 g/mol. The summed E-state index contributed by atoms with van der Waals surface area (Å²) in [5.74, 6) is 0.465. The van der Waals surface area contributed by atoms with Gasteiger partial charge in [0, 0.05) is 33.0 Å². The number of hydrogen-bond acceptors (Lipinski definition) is 4. The van der Waals surface area contributed by atoms with E-state index in [9.17, 15) is 4.79 Å². The van der Waals surface area contributed by atoms with E-state index in [2.05, 4.69) is 9.97 Å². The average Bonchev–Trinajstić information content (AvgIpc) is 2.82. The molecule has 0 aliphatic heterocycles. The lowest BCUT2D eigenvalue weighted by molar-refractivity contribution is 0.0971. The first-order chi connectivity index (χ1) is 7.61. The fourth-order valence-electron chi connectivity index (χ4n) is 1.39. The standard InChI is InChI=1S/C10H18N2O3Si/c1-14-16(3,15-2)8-4-5-9(13)10-11-6-7-12-10/h6-7H,4-5,8H2,1-3H3,(H,11,12). The highest BCUT2D eigenvalue weighted by Gasteiger charge is 2.28. The van der Waals surface area contributed by atoms with E-state index in [4.69, 9.17) is 8.85 Å². The fourth-order valence-corrected chi connectivity index (χ4v) is 2.79. The zero-order valence-electron chi connectivity index (χ0n) is 9.95. The molecule has 16 heavy (non-hydrogen) atoms. The molecule has 1 rings (SSSR count). The second-order valence-corrected chi connectivity index (χ2v) is 7.34. The number of hydrogen-bond donors (Lipinski definition) is 1. The summed E-state index contributed by atoms with van der Waals surface area (Å²) in [7, 11) is 1.28. The van der Waals surface area contributed by atoms with Gasteiger partial charge in [-0.05, 0) is 19.0 Å². The highest BCUT2D eigenvalue weighted by atomic mass is 28.4. The Labute approximate surface area is 96.4 Å². The van der Waals surface area contributed by atoms with Crippen LogP contribution < -0.4 is 0 Å². The van der Waals surface area contributed by atoms with E-state index in [1.54, 1.807) is 26.6 Å². The fraction of sp³-hybridized carbons (Fsp3) is 0.600. The first-order valence-electron chi connectivity index (χ1n) is 5.24. The van der Waals surface area contributed by atoms with E-state index in [1.165, 1.54) is 0 Å². The van der Waals surface area contributed by atoms with E-state index >= 15 is 0 Å². The van der Waals surface area contributed by atoms with Gasteiger partial charge in [0.2, 0.25) is 0 Å². The van der Waals surface area contributed by atoms with Crippen molar-refractivity contribution in [3.8, 4) is 0 Å². The minimum atomic E-state index is -2.03. The maximum atomic E-state index is 11.6. The Bertz CT molecular complexity index is 323. The molecule has 90 valence electrons. The van der Waals surface area contributed by atoms with Crippen molar-refractivity contribution in [3.63, 3.8) is 0 Å². The Morgan fingerprint density at radius 2 is 2.19 bits per heavy atom. The monoisotopic (exact) mass is 242 g/mol. The number of nitrogens with zero attached hydrogens (tertiary/aromatic N) is 1. The molecule has 1 aromatic rings. The SMILES string of the molecule is CO[Si](C)(CCCC(=O)c1ncc[nH]1)OC. The highest BCUT2D eigenvalue weighted by molar-refractivity contribution is 6.65.